The maximum Gasteiger partial charge on any atom is 0.349 e. The van der Waals surface area contributed by atoms with Gasteiger partial charge in [0.2, 0.25) is 0 Å². The Labute approximate surface area is 137 Å². The Morgan fingerprint density at radius 3 is 2.59 bits per heavy atom. The van der Waals surface area contributed by atoms with E-state index in [2.05, 4.69) is 4.98 Å². The molecule has 3 nitrogen and oxygen atoms in total. The van der Waals surface area contributed by atoms with E-state index in [9.17, 15) is 4.79 Å². The summed E-state index contributed by atoms with van der Waals surface area (Å²) < 4.78 is 5.37. The summed E-state index contributed by atoms with van der Waals surface area (Å²) in [7, 11) is 0. The van der Waals surface area contributed by atoms with Gasteiger partial charge in [-0.05, 0) is 19.4 Å². The van der Waals surface area contributed by atoms with E-state index in [0.29, 0.717) is 4.88 Å². The lowest BCUT2D eigenvalue weighted by Gasteiger charge is -2.08. The molecular weight excluding hydrogens is 314 g/mol. The monoisotopic (exact) mass is 329 g/mol. The van der Waals surface area contributed by atoms with Crippen molar-refractivity contribution in [2.45, 2.75) is 20.0 Å². The highest BCUT2D eigenvalue weighted by Gasteiger charge is 2.23. The van der Waals surface area contributed by atoms with Crippen LogP contribution in [0.15, 0.2) is 47.3 Å². The van der Waals surface area contributed by atoms with Gasteiger partial charge < -0.3 is 4.74 Å². The number of rotatable bonds is 4. The normalized spacial score (nSPS) is 10.9. The molecule has 2 heterocycles. The van der Waals surface area contributed by atoms with Crippen molar-refractivity contribution in [3.05, 3.63) is 52.2 Å². The number of hydrogen-bond acceptors (Lipinski definition) is 5. The molecule has 0 unspecified atom stereocenters. The first-order valence-corrected chi connectivity index (χ1v) is 8.70. The lowest BCUT2D eigenvalue weighted by Crippen LogP contribution is -2.11. The van der Waals surface area contributed by atoms with Crippen molar-refractivity contribution >= 4 is 28.6 Å². The molecule has 0 amide bonds. The first-order chi connectivity index (χ1) is 10.7. The summed E-state index contributed by atoms with van der Waals surface area (Å²) >= 11 is 2.94. The van der Waals surface area contributed by atoms with Crippen LogP contribution in [0.5, 0.6) is 0 Å². The molecule has 0 radical (unpaired) electrons. The zero-order chi connectivity index (χ0) is 15.5. The van der Waals surface area contributed by atoms with Crippen LogP contribution in [0.3, 0.4) is 0 Å². The van der Waals surface area contributed by atoms with Crippen LogP contribution in [-0.2, 0) is 4.74 Å². The number of carbonyl (C=O) groups is 1. The molecule has 1 aromatic carbocycles. The third-order valence-corrected chi connectivity index (χ3v) is 4.80. The smallest absolute Gasteiger partial charge is 0.349 e. The van der Waals surface area contributed by atoms with Gasteiger partial charge in [0.05, 0.1) is 6.10 Å². The van der Waals surface area contributed by atoms with E-state index in [0.717, 1.165) is 21.7 Å². The second-order valence-electron chi connectivity index (χ2n) is 5.01. The van der Waals surface area contributed by atoms with Crippen molar-refractivity contribution in [3.63, 3.8) is 0 Å². The molecule has 5 heteroatoms. The number of thiazole rings is 1. The summed E-state index contributed by atoms with van der Waals surface area (Å²) in [6.07, 6.45) is 1.61. The molecule has 0 bridgehead atoms. The van der Waals surface area contributed by atoms with Crippen molar-refractivity contribution in [2.75, 3.05) is 0 Å². The van der Waals surface area contributed by atoms with Gasteiger partial charge in [-0.15, -0.1) is 22.7 Å². The fourth-order valence-electron chi connectivity index (χ4n) is 2.17. The summed E-state index contributed by atoms with van der Waals surface area (Å²) in [5.41, 5.74) is 2.97. The van der Waals surface area contributed by atoms with Crippen LogP contribution in [0.25, 0.3) is 21.7 Å². The van der Waals surface area contributed by atoms with Crippen LogP contribution in [-0.4, -0.2) is 17.1 Å². The van der Waals surface area contributed by atoms with Crippen molar-refractivity contribution < 1.29 is 9.53 Å². The van der Waals surface area contributed by atoms with E-state index < -0.39 is 0 Å². The maximum absolute atomic E-state index is 12.4. The van der Waals surface area contributed by atoms with E-state index >= 15 is 0 Å². The van der Waals surface area contributed by atoms with Crippen LogP contribution in [0.2, 0.25) is 0 Å². The highest BCUT2D eigenvalue weighted by molar-refractivity contribution is 7.15. The Morgan fingerprint density at radius 1 is 1.18 bits per heavy atom. The lowest BCUT2D eigenvalue weighted by molar-refractivity contribution is 0.0384. The molecule has 0 aliphatic rings. The first-order valence-electron chi connectivity index (χ1n) is 6.94. The molecule has 0 saturated carbocycles. The van der Waals surface area contributed by atoms with Gasteiger partial charge in [-0.2, -0.15) is 0 Å². The second kappa shape index (κ2) is 6.42. The molecule has 22 heavy (non-hydrogen) atoms. The van der Waals surface area contributed by atoms with Crippen molar-refractivity contribution in [1.29, 1.82) is 0 Å². The predicted octanol–water partition coefficient (Wildman–Crippen LogP) is 5.10. The van der Waals surface area contributed by atoms with Gasteiger partial charge in [-0.25, -0.2) is 9.78 Å². The largest absolute Gasteiger partial charge is 0.459 e. The number of nitrogens with zero attached hydrogens (tertiary/aromatic N) is 1. The summed E-state index contributed by atoms with van der Waals surface area (Å²) in [6, 6.07) is 10.0. The van der Waals surface area contributed by atoms with Crippen LogP contribution in [0.1, 0.15) is 23.5 Å². The molecular formula is C17H15NO2S2. The van der Waals surface area contributed by atoms with Crippen molar-refractivity contribution in [1.82, 2.24) is 4.98 Å². The maximum atomic E-state index is 12.4. The first kappa shape index (κ1) is 14.9. The SMILES string of the molecule is CC(C)OC(=O)c1scc(-c2ccccc2)c1-c1nccs1. The number of aromatic nitrogens is 1. The summed E-state index contributed by atoms with van der Waals surface area (Å²) in [6.45, 7) is 3.71. The minimum absolute atomic E-state index is 0.140. The van der Waals surface area contributed by atoms with E-state index in [1.165, 1.54) is 22.7 Å². The fraction of sp³-hybridized carbons (Fsp3) is 0.176. The summed E-state index contributed by atoms with van der Waals surface area (Å²) in [5.74, 6) is -0.285. The average molecular weight is 329 g/mol. The molecule has 0 aliphatic carbocycles. The van der Waals surface area contributed by atoms with E-state index in [4.69, 9.17) is 4.74 Å². The molecule has 3 rings (SSSR count). The van der Waals surface area contributed by atoms with Gasteiger partial charge in [0.15, 0.2) is 0 Å². The summed E-state index contributed by atoms with van der Waals surface area (Å²) in [5, 5.41) is 4.76. The highest BCUT2D eigenvalue weighted by atomic mass is 32.1. The van der Waals surface area contributed by atoms with Gasteiger partial charge in [-0.3, -0.25) is 0 Å². The number of thiophene rings is 1. The van der Waals surface area contributed by atoms with Crippen LogP contribution in [0, 0.1) is 0 Å². The van der Waals surface area contributed by atoms with Gasteiger partial charge in [0.25, 0.3) is 0 Å². The number of benzene rings is 1. The molecule has 0 spiro atoms. The van der Waals surface area contributed by atoms with Gasteiger partial charge in [-0.1, -0.05) is 30.3 Å². The molecule has 3 aromatic rings. The molecule has 0 N–H and O–H groups in total. The molecule has 0 aliphatic heterocycles. The Balaban J connectivity index is 2.13. The van der Waals surface area contributed by atoms with Gasteiger partial charge in [0, 0.05) is 28.1 Å². The Kier molecular flexibility index (Phi) is 4.36. The molecule has 112 valence electrons. The minimum atomic E-state index is -0.285. The Morgan fingerprint density at radius 2 is 1.95 bits per heavy atom. The van der Waals surface area contributed by atoms with E-state index in [1.807, 2.05) is 54.9 Å². The second-order valence-corrected chi connectivity index (χ2v) is 6.79. The molecule has 0 atom stereocenters. The number of carbonyl (C=O) groups excluding carboxylic acids is 1. The highest BCUT2D eigenvalue weighted by Crippen LogP contribution is 2.40. The minimum Gasteiger partial charge on any atom is -0.459 e. The topological polar surface area (TPSA) is 39.2 Å². The zero-order valence-corrected chi connectivity index (χ0v) is 13.9. The number of ether oxygens (including phenoxy) is 1. The number of esters is 1. The van der Waals surface area contributed by atoms with Crippen molar-refractivity contribution in [3.8, 4) is 21.7 Å². The Bertz CT molecular complexity index is 761. The standard InChI is InChI=1S/C17H15NO2S2/c1-11(2)20-17(19)15-14(16-18-8-9-21-16)13(10-22-15)12-6-4-3-5-7-12/h3-11H,1-2H3. The van der Waals surface area contributed by atoms with E-state index in [-0.39, 0.29) is 12.1 Å². The molecule has 0 saturated heterocycles. The average Bonchev–Trinajstić information content (AvgIpc) is 3.16. The van der Waals surface area contributed by atoms with Crippen LogP contribution >= 0.6 is 22.7 Å². The zero-order valence-electron chi connectivity index (χ0n) is 12.3. The van der Waals surface area contributed by atoms with Crippen molar-refractivity contribution in [2.24, 2.45) is 0 Å². The van der Waals surface area contributed by atoms with Crippen LogP contribution < -0.4 is 0 Å². The predicted molar refractivity (Wildman–Crippen MR) is 91.4 cm³/mol. The molecule has 0 fully saturated rings. The van der Waals surface area contributed by atoms with Gasteiger partial charge in [0.1, 0.15) is 9.88 Å². The molecule has 2 aromatic heterocycles. The lowest BCUT2D eigenvalue weighted by atomic mass is 10.0. The number of hydrogen-bond donors (Lipinski definition) is 0. The van der Waals surface area contributed by atoms with Crippen LogP contribution in [0.4, 0.5) is 0 Å². The fourth-order valence-corrected chi connectivity index (χ4v) is 3.89. The van der Waals surface area contributed by atoms with E-state index in [1.54, 1.807) is 6.20 Å². The Hall–Kier alpha value is -1.98. The quantitative estimate of drug-likeness (QED) is 0.625. The van der Waals surface area contributed by atoms with Gasteiger partial charge >= 0.3 is 5.97 Å². The summed E-state index contributed by atoms with van der Waals surface area (Å²) in [4.78, 5) is 17.4. The third kappa shape index (κ3) is 2.96. The third-order valence-electron chi connectivity index (χ3n) is 3.05.